The van der Waals surface area contributed by atoms with E-state index in [1.54, 1.807) is 0 Å². The molecule has 0 aromatic rings. The van der Waals surface area contributed by atoms with Crippen LogP contribution in [0.15, 0.2) is 0 Å². The summed E-state index contributed by atoms with van der Waals surface area (Å²) in [5.74, 6) is 0.953. The van der Waals surface area contributed by atoms with Gasteiger partial charge in [-0.3, -0.25) is 0 Å². The van der Waals surface area contributed by atoms with Gasteiger partial charge < -0.3 is 12.6 Å². The molecule has 0 nitrogen and oxygen atoms in total. The first-order valence-electron chi connectivity index (χ1n) is 5.00. The van der Waals surface area contributed by atoms with Crippen molar-refractivity contribution in [1.29, 1.82) is 0 Å². The van der Waals surface area contributed by atoms with Crippen LogP contribution >= 0.6 is 0 Å². The summed E-state index contributed by atoms with van der Waals surface area (Å²) in [4.78, 5) is 0. The van der Waals surface area contributed by atoms with Gasteiger partial charge in [0, 0.05) is 0 Å². The second-order valence-electron chi connectivity index (χ2n) is 3.18. The molecule has 0 aliphatic rings. The van der Waals surface area contributed by atoms with Crippen LogP contribution in [0.5, 0.6) is 0 Å². The number of hydrogen-bond donors (Lipinski definition) is 0. The molecule has 0 radical (unpaired) electrons. The maximum atomic E-state index is 4.87. The van der Waals surface area contributed by atoms with E-state index in [-0.39, 0.29) is 17.1 Å². The third kappa shape index (κ3) is 13.5. The van der Waals surface area contributed by atoms with Crippen molar-refractivity contribution in [3.8, 4) is 0 Å². The minimum Gasteiger partial charge on any atom is -0.793 e. The summed E-state index contributed by atoms with van der Waals surface area (Å²) >= 11 is 4.87. The minimum atomic E-state index is 0. The molecule has 0 fully saturated rings. The summed E-state index contributed by atoms with van der Waals surface area (Å²) in [6.07, 6.45) is 11.1. The van der Waals surface area contributed by atoms with Crippen LogP contribution < -0.4 is 0 Å². The molecule has 78 valence electrons. The zero-order valence-electron chi connectivity index (χ0n) is 8.07. The van der Waals surface area contributed by atoms with Gasteiger partial charge in [-0.2, -0.15) is 5.75 Å². The van der Waals surface area contributed by atoms with Gasteiger partial charge in [0.15, 0.2) is 0 Å². The van der Waals surface area contributed by atoms with Gasteiger partial charge in [0.05, 0.1) is 0 Å². The molecule has 12 heavy (non-hydrogen) atoms. The molecule has 0 heterocycles. The van der Waals surface area contributed by atoms with E-state index in [0.29, 0.717) is 0 Å². The fourth-order valence-electron chi connectivity index (χ4n) is 1.24. The van der Waals surface area contributed by atoms with E-state index >= 15 is 0 Å². The summed E-state index contributed by atoms with van der Waals surface area (Å²) in [5.41, 5.74) is 0. The molecule has 0 N–H and O–H groups in total. The molecule has 0 saturated carbocycles. The Kier molecular flexibility index (Phi) is 18.4. The fourth-order valence-corrected chi connectivity index (χ4v) is 1.44. The Hall–Kier alpha value is 0.869. The van der Waals surface area contributed by atoms with E-state index in [0.717, 1.165) is 5.75 Å². The van der Waals surface area contributed by atoms with Crippen molar-refractivity contribution >= 4 is 12.6 Å². The van der Waals surface area contributed by atoms with E-state index < -0.39 is 0 Å². The first-order valence-corrected chi connectivity index (χ1v) is 5.57. The Morgan fingerprint density at radius 2 is 1.17 bits per heavy atom. The normalized spacial score (nSPS) is 9.50. The minimum absolute atomic E-state index is 0. The van der Waals surface area contributed by atoms with Gasteiger partial charge in [-0.05, 0) is 0 Å². The summed E-state index contributed by atoms with van der Waals surface area (Å²) < 4.78 is 0. The molecule has 0 bridgehead atoms. The molecule has 0 aliphatic carbocycles. The average Bonchev–Trinajstić information content (AvgIpc) is 2.03. The molecule has 0 aliphatic heterocycles. The third-order valence-corrected chi connectivity index (χ3v) is 2.29. The molecule has 0 rings (SSSR count). The Morgan fingerprint density at radius 3 is 1.58 bits per heavy atom. The summed E-state index contributed by atoms with van der Waals surface area (Å²) in [6, 6.07) is 0. The van der Waals surface area contributed by atoms with Crippen molar-refractivity contribution in [2.24, 2.45) is 0 Å². The van der Waals surface area contributed by atoms with Gasteiger partial charge in [0.25, 0.3) is 0 Å². The predicted molar refractivity (Wildman–Crippen MR) is 54.8 cm³/mol. The molecule has 0 aromatic heterocycles. The average molecular weight is 237 g/mol. The first-order chi connectivity index (χ1) is 5.41. The fraction of sp³-hybridized carbons (Fsp3) is 1.00. The van der Waals surface area contributed by atoms with E-state index in [9.17, 15) is 0 Å². The summed E-state index contributed by atoms with van der Waals surface area (Å²) in [5, 5.41) is 0. The SMILES string of the molecule is CCCCCCCCCC[S-].[Cu+]. The van der Waals surface area contributed by atoms with Crippen LogP contribution in [0.2, 0.25) is 0 Å². The smallest absolute Gasteiger partial charge is 0.793 e. The summed E-state index contributed by atoms with van der Waals surface area (Å²) in [6.45, 7) is 2.26. The van der Waals surface area contributed by atoms with Crippen molar-refractivity contribution in [2.75, 3.05) is 5.75 Å². The van der Waals surface area contributed by atoms with Gasteiger partial charge in [0.1, 0.15) is 0 Å². The van der Waals surface area contributed by atoms with Crippen molar-refractivity contribution < 1.29 is 17.1 Å². The van der Waals surface area contributed by atoms with E-state index in [2.05, 4.69) is 6.92 Å². The van der Waals surface area contributed by atoms with Crippen LogP contribution in [0.25, 0.3) is 0 Å². The van der Waals surface area contributed by atoms with Crippen LogP contribution in [0, 0.1) is 0 Å². The van der Waals surface area contributed by atoms with Crippen LogP contribution in [0.3, 0.4) is 0 Å². The largest absolute Gasteiger partial charge is 1.00 e. The van der Waals surface area contributed by atoms with Gasteiger partial charge in [-0.1, -0.05) is 58.3 Å². The zero-order chi connectivity index (χ0) is 8.36. The number of unbranched alkanes of at least 4 members (excludes halogenated alkanes) is 7. The molecule has 0 atom stereocenters. The maximum Gasteiger partial charge on any atom is 1.00 e. The molecule has 0 aromatic carbocycles. The Morgan fingerprint density at radius 1 is 0.750 bits per heavy atom. The molecule has 0 spiro atoms. The quantitative estimate of drug-likeness (QED) is 0.352. The van der Waals surface area contributed by atoms with Crippen molar-refractivity contribution in [2.45, 2.75) is 58.3 Å². The predicted octanol–water partition coefficient (Wildman–Crippen LogP) is 3.67. The third-order valence-electron chi connectivity index (χ3n) is 2.00. The van der Waals surface area contributed by atoms with Gasteiger partial charge in [-0.25, -0.2) is 0 Å². The maximum absolute atomic E-state index is 4.87. The van der Waals surface area contributed by atoms with Gasteiger partial charge in [-0.15, -0.1) is 0 Å². The van der Waals surface area contributed by atoms with E-state index in [4.69, 9.17) is 12.6 Å². The summed E-state index contributed by atoms with van der Waals surface area (Å²) in [7, 11) is 0. The molecule has 0 saturated heterocycles. The second-order valence-corrected chi connectivity index (χ2v) is 3.59. The molecule has 0 unspecified atom stereocenters. The number of hydrogen-bond acceptors (Lipinski definition) is 1. The van der Waals surface area contributed by atoms with Crippen molar-refractivity contribution in [3.63, 3.8) is 0 Å². The number of rotatable bonds is 8. The standard InChI is InChI=1S/C10H22S.Cu/c1-2-3-4-5-6-7-8-9-10-11;/h11H,2-10H2,1H3;/q;+1/p-1. The first kappa shape index (κ1) is 15.3. The topological polar surface area (TPSA) is 0 Å². The molecule has 2 heteroatoms. The zero-order valence-corrected chi connectivity index (χ0v) is 9.83. The van der Waals surface area contributed by atoms with Crippen LogP contribution in [0.4, 0.5) is 0 Å². The molecule has 0 amide bonds. The van der Waals surface area contributed by atoms with Crippen LogP contribution in [0.1, 0.15) is 58.3 Å². The Balaban J connectivity index is 0. The van der Waals surface area contributed by atoms with Crippen LogP contribution in [-0.2, 0) is 29.7 Å². The van der Waals surface area contributed by atoms with Crippen molar-refractivity contribution in [1.82, 2.24) is 0 Å². The van der Waals surface area contributed by atoms with E-state index in [1.807, 2.05) is 0 Å². The monoisotopic (exact) mass is 236 g/mol. The van der Waals surface area contributed by atoms with E-state index in [1.165, 1.54) is 51.4 Å². The van der Waals surface area contributed by atoms with Gasteiger partial charge in [0.2, 0.25) is 0 Å². The van der Waals surface area contributed by atoms with Crippen molar-refractivity contribution in [3.05, 3.63) is 0 Å². The van der Waals surface area contributed by atoms with Crippen LogP contribution in [-0.4, -0.2) is 5.75 Å². The second kappa shape index (κ2) is 14.4. The molecular weight excluding hydrogens is 216 g/mol. The molecular formula is C10H21CuS. The van der Waals surface area contributed by atoms with Gasteiger partial charge >= 0.3 is 17.1 Å². The Bertz CT molecular complexity index is 58.9. The Labute approximate surface area is 93.8 Å².